The molecule has 0 amide bonds. The zero-order valence-electron chi connectivity index (χ0n) is 13.8. The Hall–Kier alpha value is -2.34. The molecule has 5 nitrogen and oxygen atoms in total. The first kappa shape index (κ1) is 18.0. The number of carboxylic acids is 1. The number of aryl methyl sites for hydroxylation is 1. The Labute approximate surface area is 142 Å². The second-order valence-electron chi connectivity index (χ2n) is 5.98. The maximum atomic E-state index is 12.3. The number of benzene rings is 2. The molecule has 0 bridgehead atoms. The number of carbonyl (C=O) groups is 1. The van der Waals surface area contributed by atoms with E-state index in [1.807, 2.05) is 6.92 Å². The van der Waals surface area contributed by atoms with Gasteiger partial charge in [-0.1, -0.05) is 43.7 Å². The summed E-state index contributed by atoms with van der Waals surface area (Å²) in [6, 6.07) is 12.5. The zero-order valence-corrected chi connectivity index (χ0v) is 14.6. The van der Waals surface area contributed by atoms with Crippen molar-refractivity contribution < 1.29 is 22.5 Å². The van der Waals surface area contributed by atoms with Gasteiger partial charge in [-0.2, -0.15) is 8.42 Å². The number of rotatable bonds is 6. The lowest BCUT2D eigenvalue weighted by molar-refractivity contribution is -0.139. The molecule has 1 atom stereocenters. The van der Waals surface area contributed by atoms with E-state index in [1.54, 1.807) is 38.1 Å². The first-order chi connectivity index (χ1) is 11.2. The van der Waals surface area contributed by atoms with Gasteiger partial charge in [0.2, 0.25) is 0 Å². The lowest BCUT2D eigenvalue weighted by atomic mass is 9.88. The van der Waals surface area contributed by atoms with Gasteiger partial charge in [-0.25, -0.2) is 0 Å². The maximum Gasteiger partial charge on any atom is 0.339 e. The van der Waals surface area contributed by atoms with E-state index in [2.05, 4.69) is 0 Å². The average molecular weight is 348 g/mol. The fourth-order valence-electron chi connectivity index (χ4n) is 2.45. The smallest absolute Gasteiger partial charge is 0.339 e. The normalized spacial score (nSPS) is 12.8. The number of carboxylic acid groups (broad SMARTS) is 1. The Morgan fingerprint density at radius 2 is 1.71 bits per heavy atom. The molecule has 0 aromatic heterocycles. The molecule has 0 aliphatic heterocycles. The van der Waals surface area contributed by atoms with Gasteiger partial charge >= 0.3 is 16.1 Å². The van der Waals surface area contributed by atoms with Crippen LogP contribution in [0.15, 0.2) is 53.4 Å². The van der Waals surface area contributed by atoms with Crippen LogP contribution < -0.4 is 4.18 Å². The highest BCUT2D eigenvalue weighted by atomic mass is 32.2. The average Bonchev–Trinajstić information content (AvgIpc) is 2.46. The summed E-state index contributed by atoms with van der Waals surface area (Å²) in [5.74, 6) is -1.72. The molecule has 24 heavy (non-hydrogen) atoms. The Balaban J connectivity index is 2.32. The van der Waals surface area contributed by atoms with Gasteiger partial charge in [-0.3, -0.25) is 4.79 Å². The van der Waals surface area contributed by atoms with Crippen LogP contribution in [0.3, 0.4) is 0 Å². The highest BCUT2D eigenvalue weighted by Crippen LogP contribution is 2.28. The molecule has 0 fully saturated rings. The van der Waals surface area contributed by atoms with Gasteiger partial charge in [-0.05, 0) is 42.7 Å². The monoisotopic (exact) mass is 348 g/mol. The van der Waals surface area contributed by atoms with Gasteiger partial charge in [0.15, 0.2) is 0 Å². The summed E-state index contributed by atoms with van der Waals surface area (Å²) in [6.07, 6.45) is 0. The predicted octanol–water partition coefficient (Wildman–Crippen LogP) is 3.59. The second-order valence-corrected chi connectivity index (χ2v) is 7.53. The molecule has 128 valence electrons. The number of hydrogen-bond donors (Lipinski definition) is 1. The molecule has 0 saturated heterocycles. The minimum Gasteiger partial charge on any atom is -0.481 e. The van der Waals surface area contributed by atoms with Crippen LogP contribution in [-0.2, 0) is 14.9 Å². The van der Waals surface area contributed by atoms with E-state index < -0.39 is 22.0 Å². The Kier molecular flexibility index (Phi) is 5.29. The molecule has 1 N–H and O–H groups in total. The Morgan fingerprint density at radius 3 is 2.25 bits per heavy atom. The molecule has 0 heterocycles. The topological polar surface area (TPSA) is 80.7 Å². The third-order valence-corrected chi connectivity index (χ3v) is 4.93. The fourth-order valence-corrected chi connectivity index (χ4v) is 3.37. The molecule has 1 unspecified atom stereocenters. The Bertz CT molecular complexity index is 823. The third kappa shape index (κ3) is 4.14. The van der Waals surface area contributed by atoms with Crippen molar-refractivity contribution in [2.75, 3.05) is 0 Å². The Morgan fingerprint density at radius 1 is 1.08 bits per heavy atom. The van der Waals surface area contributed by atoms with Gasteiger partial charge in [-0.15, -0.1) is 0 Å². The van der Waals surface area contributed by atoms with E-state index >= 15 is 0 Å². The van der Waals surface area contributed by atoms with Crippen molar-refractivity contribution in [2.45, 2.75) is 31.6 Å². The SMILES string of the molecule is Cc1ccc(S(=O)(=O)Oc2cccc(C(C(=O)O)C(C)C)c2)cc1. The summed E-state index contributed by atoms with van der Waals surface area (Å²) >= 11 is 0. The molecular formula is C18H20O5S. The summed E-state index contributed by atoms with van der Waals surface area (Å²) in [4.78, 5) is 11.5. The van der Waals surface area contributed by atoms with Crippen LogP contribution in [-0.4, -0.2) is 19.5 Å². The van der Waals surface area contributed by atoms with Crippen LogP contribution in [0.5, 0.6) is 5.75 Å². The molecule has 2 aromatic rings. The first-order valence-corrected chi connectivity index (χ1v) is 8.95. The van der Waals surface area contributed by atoms with Crippen molar-refractivity contribution >= 4 is 16.1 Å². The quantitative estimate of drug-likeness (QED) is 0.807. The van der Waals surface area contributed by atoms with Crippen molar-refractivity contribution in [1.82, 2.24) is 0 Å². The highest BCUT2D eigenvalue weighted by molar-refractivity contribution is 7.87. The van der Waals surface area contributed by atoms with E-state index in [9.17, 15) is 18.3 Å². The molecule has 2 aromatic carbocycles. The lowest BCUT2D eigenvalue weighted by Crippen LogP contribution is -2.17. The van der Waals surface area contributed by atoms with Gasteiger partial charge in [0.25, 0.3) is 0 Å². The van der Waals surface area contributed by atoms with E-state index in [-0.39, 0.29) is 16.6 Å². The first-order valence-electron chi connectivity index (χ1n) is 7.54. The molecule has 0 saturated carbocycles. The van der Waals surface area contributed by atoms with E-state index in [1.165, 1.54) is 24.3 Å². The van der Waals surface area contributed by atoms with Crippen LogP contribution in [0.2, 0.25) is 0 Å². The van der Waals surface area contributed by atoms with Crippen molar-refractivity contribution in [1.29, 1.82) is 0 Å². The van der Waals surface area contributed by atoms with Gasteiger partial charge in [0.1, 0.15) is 10.6 Å². The largest absolute Gasteiger partial charge is 0.481 e. The summed E-state index contributed by atoms with van der Waals surface area (Å²) in [6.45, 7) is 5.46. The predicted molar refractivity (Wildman–Crippen MR) is 90.6 cm³/mol. The lowest BCUT2D eigenvalue weighted by Gasteiger charge is -2.17. The third-order valence-electron chi connectivity index (χ3n) is 3.67. The molecule has 6 heteroatoms. The molecule has 0 radical (unpaired) electrons. The van der Waals surface area contributed by atoms with Gasteiger partial charge < -0.3 is 9.29 Å². The van der Waals surface area contributed by atoms with E-state index in [0.29, 0.717) is 5.56 Å². The van der Waals surface area contributed by atoms with Crippen LogP contribution in [0.25, 0.3) is 0 Å². The molecule has 2 rings (SSSR count). The minimum atomic E-state index is -3.96. The molecular weight excluding hydrogens is 328 g/mol. The van der Waals surface area contributed by atoms with Crippen LogP contribution >= 0.6 is 0 Å². The van der Waals surface area contributed by atoms with Crippen LogP contribution in [0, 0.1) is 12.8 Å². The second kappa shape index (κ2) is 7.05. The number of hydrogen-bond acceptors (Lipinski definition) is 4. The van der Waals surface area contributed by atoms with Crippen LogP contribution in [0.1, 0.15) is 30.9 Å². The molecule has 0 spiro atoms. The molecule has 0 aliphatic carbocycles. The maximum absolute atomic E-state index is 12.3. The summed E-state index contributed by atoms with van der Waals surface area (Å²) < 4.78 is 29.8. The van der Waals surface area contributed by atoms with Crippen molar-refractivity contribution in [3.8, 4) is 5.75 Å². The summed E-state index contributed by atoms with van der Waals surface area (Å²) in [5, 5.41) is 9.37. The highest BCUT2D eigenvalue weighted by Gasteiger charge is 2.24. The minimum absolute atomic E-state index is 0.0529. The van der Waals surface area contributed by atoms with Gasteiger partial charge in [0, 0.05) is 0 Å². The van der Waals surface area contributed by atoms with Gasteiger partial charge in [0.05, 0.1) is 5.92 Å². The fraction of sp³-hybridized carbons (Fsp3) is 0.278. The summed E-state index contributed by atoms with van der Waals surface area (Å²) in [5.41, 5.74) is 1.45. The molecule has 0 aliphatic rings. The van der Waals surface area contributed by atoms with Crippen molar-refractivity contribution in [3.05, 3.63) is 59.7 Å². The van der Waals surface area contributed by atoms with Crippen molar-refractivity contribution in [2.24, 2.45) is 5.92 Å². The standard InChI is InChI=1S/C18H20O5S/c1-12(2)17(18(19)20)14-5-4-6-15(11-14)23-24(21,22)16-9-7-13(3)8-10-16/h4-12,17H,1-3H3,(H,19,20). The van der Waals surface area contributed by atoms with Crippen molar-refractivity contribution in [3.63, 3.8) is 0 Å². The summed E-state index contributed by atoms with van der Waals surface area (Å²) in [7, 11) is -3.96. The van der Waals surface area contributed by atoms with E-state index in [0.717, 1.165) is 5.56 Å². The van der Waals surface area contributed by atoms with E-state index in [4.69, 9.17) is 4.18 Å². The zero-order chi connectivity index (χ0) is 17.9. The number of aliphatic carboxylic acids is 1. The van der Waals surface area contributed by atoms with Crippen LogP contribution in [0.4, 0.5) is 0 Å².